The van der Waals surface area contributed by atoms with Crippen LogP contribution < -0.4 is 11.1 Å². The van der Waals surface area contributed by atoms with Gasteiger partial charge in [-0.15, -0.1) is 0 Å². The van der Waals surface area contributed by atoms with Crippen molar-refractivity contribution in [2.24, 2.45) is 11.7 Å². The van der Waals surface area contributed by atoms with Crippen LogP contribution in [0.4, 0.5) is 5.13 Å². The van der Waals surface area contributed by atoms with E-state index in [0.29, 0.717) is 18.1 Å². The molecule has 3 N–H and O–H groups in total. The average Bonchev–Trinajstić information content (AvgIpc) is 2.70. The third kappa shape index (κ3) is 3.01. The molecule has 0 radical (unpaired) electrons. The van der Waals surface area contributed by atoms with Crippen LogP contribution >= 0.6 is 11.3 Å². The highest BCUT2D eigenvalue weighted by molar-refractivity contribution is 7.22. The molecule has 4 nitrogen and oxygen atoms in total. The van der Waals surface area contributed by atoms with E-state index < -0.39 is 0 Å². The summed E-state index contributed by atoms with van der Waals surface area (Å²) in [4.78, 5) is 16.0. The summed E-state index contributed by atoms with van der Waals surface area (Å²) in [5.41, 5.74) is 6.40. The summed E-state index contributed by atoms with van der Waals surface area (Å²) >= 11 is 1.49. The second-order valence-electron chi connectivity index (χ2n) is 4.08. The zero-order chi connectivity index (χ0) is 12.3. The van der Waals surface area contributed by atoms with Crippen molar-refractivity contribution in [3.8, 4) is 0 Å². The summed E-state index contributed by atoms with van der Waals surface area (Å²) in [6.45, 7) is 2.48. The number of fused-ring (bicyclic) bond motifs is 1. The Balaban J connectivity index is 2.05. The number of hydrogen-bond donors (Lipinski definition) is 2. The van der Waals surface area contributed by atoms with Crippen molar-refractivity contribution in [3.05, 3.63) is 24.3 Å². The monoisotopic (exact) mass is 249 g/mol. The molecule has 0 saturated heterocycles. The van der Waals surface area contributed by atoms with E-state index in [0.717, 1.165) is 10.2 Å². The Hall–Kier alpha value is -1.46. The highest BCUT2D eigenvalue weighted by Gasteiger charge is 2.10. The second-order valence-corrected chi connectivity index (χ2v) is 5.11. The van der Waals surface area contributed by atoms with Gasteiger partial charge in [-0.05, 0) is 24.6 Å². The maximum atomic E-state index is 11.7. The fourth-order valence-corrected chi connectivity index (χ4v) is 2.38. The number of rotatable bonds is 4. The molecule has 0 saturated carbocycles. The summed E-state index contributed by atoms with van der Waals surface area (Å²) in [7, 11) is 0. The lowest BCUT2D eigenvalue weighted by Crippen LogP contribution is -2.19. The molecule has 0 bridgehead atoms. The van der Waals surface area contributed by atoms with Gasteiger partial charge >= 0.3 is 0 Å². The van der Waals surface area contributed by atoms with Gasteiger partial charge < -0.3 is 11.1 Å². The van der Waals surface area contributed by atoms with Crippen LogP contribution in [0.2, 0.25) is 0 Å². The van der Waals surface area contributed by atoms with Gasteiger partial charge in [0.25, 0.3) is 0 Å². The zero-order valence-corrected chi connectivity index (χ0v) is 10.5. The quantitative estimate of drug-likeness (QED) is 0.873. The average molecular weight is 249 g/mol. The minimum absolute atomic E-state index is 0.0259. The highest BCUT2D eigenvalue weighted by atomic mass is 32.1. The summed E-state index contributed by atoms with van der Waals surface area (Å²) in [6.07, 6.45) is 0.437. The SMILES string of the molecule is CC(CN)CC(=O)Nc1nc2ccccc2s1. The number of amides is 1. The summed E-state index contributed by atoms with van der Waals surface area (Å²) in [5.74, 6) is 0.173. The minimum atomic E-state index is -0.0259. The number of aromatic nitrogens is 1. The van der Waals surface area contributed by atoms with Gasteiger partial charge in [-0.1, -0.05) is 30.4 Å². The molecule has 90 valence electrons. The van der Waals surface area contributed by atoms with E-state index in [-0.39, 0.29) is 11.8 Å². The van der Waals surface area contributed by atoms with Crippen molar-refractivity contribution >= 4 is 32.6 Å². The fraction of sp³-hybridized carbons (Fsp3) is 0.333. The molecule has 0 fully saturated rings. The standard InChI is InChI=1S/C12H15N3OS/c1-8(7-13)6-11(16)15-12-14-9-4-2-3-5-10(9)17-12/h2-5,8H,6-7,13H2,1H3,(H,14,15,16). The van der Waals surface area contributed by atoms with Crippen LogP contribution in [0.1, 0.15) is 13.3 Å². The maximum absolute atomic E-state index is 11.7. The van der Waals surface area contributed by atoms with E-state index in [1.54, 1.807) is 0 Å². The largest absolute Gasteiger partial charge is 0.330 e. The number of nitrogens with one attached hydrogen (secondary N) is 1. The van der Waals surface area contributed by atoms with E-state index in [1.807, 2.05) is 31.2 Å². The minimum Gasteiger partial charge on any atom is -0.330 e. The van der Waals surface area contributed by atoms with E-state index in [4.69, 9.17) is 5.73 Å². The van der Waals surface area contributed by atoms with E-state index in [2.05, 4.69) is 10.3 Å². The van der Waals surface area contributed by atoms with E-state index in [9.17, 15) is 4.79 Å². The number of carbonyl (C=O) groups excluding carboxylic acids is 1. The van der Waals surface area contributed by atoms with Crippen molar-refractivity contribution in [2.45, 2.75) is 13.3 Å². The molecule has 1 unspecified atom stereocenters. The fourth-order valence-electron chi connectivity index (χ4n) is 1.50. The number of carbonyl (C=O) groups is 1. The molecular formula is C12H15N3OS. The molecule has 5 heteroatoms. The van der Waals surface area contributed by atoms with E-state index in [1.165, 1.54) is 11.3 Å². The maximum Gasteiger partial charge on any atom is 0.226 e. The first-order valence-corrected chi connectivity index (χ1v) is 6.36. The van der Waals surface area contributed by atoms with Crippen molar-refractivity contribution in [1.82, 2.24) is 4.98 Å². The molecular weight excluding hydrogens is 234 g/mol. The predicted octanol–water partition coefficient (Wildman–Crippen LogP) is 2.22. The Morgan fingerprint density at radius 3 is 3.00 bits per heavy atom. The van der Waals surface area contributed by atoms with Gasteiger partial charge in [-0.3, -0.25) is 4.79 Å². The van der Waals surface area contributed by atoms with Crippen LogP contribution in [0.5, 0.6) is 0 Å². The van der Waals surface area contributed by atoms with Gasteiger partial charge in [0.15, 0.2) is 5.13 Å². The number of benzene rings is 1. The Labute approximate surface area is 104 Å². The Kier molecular flexibility index (Phi) is 3.71. The summed E-state index contributed by atoms with van der Waals surface area (Å²) in [5, 5.41) is 3.46. The predicted molar refractivity (Wildman–Crippen MR) is 71.1 cm³/mol. The molecule has 0 aliphatic heterocycles. The van der Waals surface area contributed by atoms with Gasteiger partial charge in [0, 0.05) is 6.42 Å². The summed E-state index contributed by atoms with van der Waals surface area (Å²) < 4.78 is 1.08. The van der Waals surface area contributed by atoms with Crippen LogP contribution in [0.25, 0.3) is 10.2 Å². The van der Waals surface area contributed by atoms with Crippen molar-refractivity contribution in [2.75, 3.05) is 11.9 Å². The first kappa shape index (κ1) is 12.0. The zero-order valence-electron chi connectivity index (χ0n) is 9.64. The molecule has 0 aliphatic carbocycles. The van der Waals surface area contributed by atoms with Gasteiger partial charge in [0.05, 0.1) is 10.2 Å². The molecule has 0 aliphatic rings. The lowest BCUT2D eigenvalue weighted by molar-refractivity contribution is -0.116. The molecule has 1 heterocycles. The topological polar surface area (TPSA) is 68.0 Å². The highest BCUT2D eigenvalue weighted by Crippen LogP contribution is 2.25. The molecule has 0 spiro atoms. The van der Waals surface area contributed by atoms with Gasteiger partial charge in [-0.2, -0.15) is 0 Å². The number of hydrogen-bond acceptors (Lipinski definition) is 4. The number of nitrogens with zero attached hydrogens (tertiary/aromatic N) is 1. The van der Waals surface area contributed by atoms with E-state index >= 15 is 0 Å². The molecule has 1 aromatic heterocycles. The molecule has 17 heavy (non-hydrogen) atoms. The van der Waals surface area contributed by atoms with Gasteiger partial charge in [0.1, 0.15) is 0 Å². The smallest absolute Gasteiger partial charge is 0.226 e. The number of para-hydroxylation sites is 1. The lowest BCUT2D eigenvalue weighted by Gasteiger charge is -2.06. The number of nitrogens with two attached hydrogens (primary N) is 1. The first-order valence-electron chi connectivity index (χ1n) is 5.54. The first-order chi connectivity index (χ1) is 8.19. The normalized spacial score (nSPS) is 12.6. The number of anilines is 1. The third-order valence-electron chi connectivity index (χ3n) is 2.48. The third-order valence-corrected chi connectivity index (χ3v) is 3.43. The van der Waals surface area contributed by atoms with Crippen LogP contribution in [0.3, 0.4) is 0 Å². The Bertz CT molecular complexity index is 490. The van der Waals surface area contributed by atoms with Gasteiger partial charge in [0.2, 0.25) is 5.91 Å². The van der Waals surface area contributed by atoms with Gasteiger partial charge in [-0.25, -0.2) is 4.98 Å². The van der Waals surface area contributed by atoms with Crippen LogP contribution in [0, 0.1) is 5.92 Å². The molecule has 1 amide bonds. The molecule has 2 rings (SSSR count). The van der Waals surface area contributed by atoms with Crippen LogP contribution in [0.15, 0.2) is 24.3 Å². The molecule has 1 aromatic carbocycles. The van der Waals surface area contributed by atoms with Crippen molar-refractivity contribution in [3.63, 3.8) is 0 Å². The van der Waals surface area contributed by atoms with Crippen molar-refractivity contribution in [1.29, 1.82) is 0 Å². The molecule has 1 atom stereocenters. The van der Waals surface area contributed by atoms with Crippen molar-refractivity contribution < 1.29 is 4.79 Å². The second kappa shape index (κ2) is 5.25. The Morgan fingerprint density at radius 1 is 1.53 bits per heavy atom. The van der Waals surface area contributed by atoms with Crippen LogP contribution in [-0.2, 0) is 4.79 Å². The lowest BCUT2D eigenvalue weighted by atomic mass is 10.1. The van der Waals surface area contributed by atoms with Crippen LogP contribution in [-0.4, -0.2) is 17.4 Å². The summed E-state index contributed by atoms with van der Waals surface area (Å²) in [6, 6.07) is 7.82. The molecule has 2 aromatic rings. The number of thiazole rings is 1. The Morgan fingerprint density at radius 2 is 2.29 bits per heavy atom.